The number of nitrogens with one attached hydrogen (secondary N) is 1. The largest absolute Gasteiger partial charge is 0.493 e. The van der Waals surface area contributed by atoms with E-state index in [1.165, 1.54) is 11.2 Å². The summed E-state index contributed by atoms with van der Waals surface area (Å²) in [6.07, 6.45) is 3.18. The van der Waals surface area contributed by atoms with E-state index in [1.807, 2.05) is 0 Å². The predicted octanol–water partition coefficient (Wildman–Crippen LogP) is 4.42. The number of hydrazone groups is 1. The van der Waals surface area contributed by atoms with Gasteiger partial charge in [-0.2, -0.15) is 5.10 Å². The zero-order valence-corrected chi connectivity index (χ0v) is 15.8. The molecule has 0 amide bonds. The number of aryl methyl sites for hydroxylation is 2. The van der Waals surface area contributed by atoms with Gasteiger partial charge in [-0.1, -0.05) is 11.6 Å². The molecule has 0 radical (unpaired) electrons. The van der Waals surface area contributed by atoms with Crippen molar-refractivity contribution >= 4 is 45.2 Å². The van der Waals surface area contributed by atoms with E-state index >= 15 is 0 Å². The van der Waals surface area contributed by atoms with E-state index in [-0.39, 0.29) is 0 Å². The number of aromatic nitrogens is 2. The fourth-order valence-electron chi connectivity index (χ4n) is 2.45. The van der Waals surface area contributed by atoms with Crippen molar-refractivity contribution in [2.24, 2.45) is 5.10 Å². The van der Waals surface area contributed by atoms with E-state index in [4.69, 9.17) is 21.1 Å². The van der Waals surface area contributed by atoms with Crippen LogP contribution in [0.3, 0.4) is 0 Å². The monoisotopic (exact) mass is 376 g/mol. The van der Waals surface area contributed by atoms with Gasteiger partial charge in [0, 0.05) is 4.88 Å². The first-order chi connectivity index (χ1) is 12.0. The first-order valence-electron chi connectivity index (χ1n) is 7.46. The minimum absolute atomic E-state index is 0.456. The molecule has 2 aromatic heterocycles. The third kappa shape index (κ3) is 3.38. The lowest BCUT2D eigenvalue weighted by molar-refractivity contribution is 0.355. The Balaban J connectivity index is 1.88. The van der Waals surface area contributed by atoms with Crippen molar-refractivity contribution in [3.63, 3.8) is 0 Å². The molecule has 2 heterocycles. The van der Waals surface area contributed by atoms with E-state index in [0.717, 1.165) is 21.3 Å². The molecule has 6 nitrogen and oxygen atoms in total. The number of anilines is 1. The normalized spacial score (nSPS) is 11.2. The number of hydrogen-bond donors (Lipinski definition) is 1. The van der Waals surface area contributed by atoms with Gasteiger partial charge in [-0.3, -0.25) is 5.43 Å². The van der Waals surface area contributed by atoms with Crippen LogP contribution in [0, 0.1) is 13.8 Å². The van der Waals surface area contributed by atoms with E-state index < -0.39 is 0 Å². The van der Waals surface area contributed by atoms with E-state index in [2.05, 4.69) is 34.3 Å². The minimum atomic E-state index is 0.456. The van der Waals surface area contributed by atoms with Crippen LogP contribution in [0.2, 0.25) is 5.02 Å². The summed E-state index contributed by atoms with van der Waals surface area (Å²) >= 11 is 7.85. The van der Waals surface area contributed by atoms with Gasteiger partial charge in [0.15, 0.2) is 17.3 Å². The van der Waals surface area contributed by atoms with Crippen molar-refractivity contribution in [3.05, 3.63) is 39.5 Å². The van der Waals surface area contributed by atoms with Gasteiger partial charge in [0.25, 0.3) is 0 Å². The molecule has 0 aliphatic carbocycles. The molecule has 1 N–H and O–H groups in total. The number of halogens is 1. The van der Waals surface area contributed by atoms with Gasteiger partial charge < -0.3 is 9.47 Å². The van der Waals surface area contributed by atoms with E-state index in [0.29, 0.717) is 22.3 Å². The summed E-state index contributed by atoms with van der Waals surface area (Å²) in [4.78, 5) is 10.8. The maximum atomic E-state index is 6.20. The fraction of sp³-hybridized carbons (Fsp3) is 0.235. The summed E-state index contributed by atoms with van der Waals surface area (Å²) in [5, 5.41) is 5.72. The highest BCUT2D eigenvalue weighted by Gasteiger charge is 2.12. The fourth-order valence-corrected chi connectivity index (χ4v) is 3.74. The molecule has 1 aromatic carbocycles. The third-order valence-corrected chi connectivity index (χ3v) is 5.20. The second-order valence-electron chi connectivity index (χ2n) is 5.29. The molecule has 0 saturated heterocycles. The Morgan fingerprint density at radius 3 is 2.72 bits per heavy atom. The maximum absolute atomic E-state index is 6.20. The predicted molar refractivity (Wildman–Crippen MR) is 103 cm³/mol. The smallest absolute Gasteiger partial charge is 0.179 e. The van der Waals surface area contributed by atoms with Crippen molar-refractivity contribution in [2.45, 2.75) is 13.8 Å². The van der Waals surface area contributed by atoms with E-state index in [1.54, 1.807) is 43.9 Å². The number of methoxy groups -OCH3 is 2. The molecule has 0 saturated carbocycles. The molecule has 0 fully saturated rings. The minimum Gasteiger partial charge on any atom is -0.493 e. The molecular weight excluding hydrogens is 360 g/mol. The van der Waals surface area contributed by atoms with Crippen LogP contribution in [-0.4, -0.2) is 30.4 Å². The van der Waals surface area contributed by atoms with Gasteiger partial charge in [-0.25, -0.2) is 9.97 Å². The summed E-state index contributed by atoms with van der Waals surface area (Å²) in [5.74, 6) is 1.72. The molecule has 0 bridgehead atoms. The zero-order chi connectivity index (χ0) is 18.0. The Hall–Kier alpha value is -2.38. The first-order valence-corrected chi connectivity index (χ1v) is 8.66. The highest BCUT2D eigenvalue weighted by molar-refractivity contribution is 7.18. The Morgan fingerprint density at radius 2 is 2.00 bits per heavy atom. The van der Waals surface area contributed by atoms with Crippen LogP contribution in [0.5, 0.6) is 11.5 Å². The van der Waals surface area contributed by atoms with Crippen molar-refractivity contribution in [1.82, 2.24) is 9.97 Å². The first kappa shape index (κ1) is 17.4. The summed E-state index contributed by atoms with van der Waals surface area (Å²) in [6.45, 7) is 4.13. The summed E-state index contributed by atoms with van der Waals surface area (Å²) in [6, 6.07) is 3.55. The van der Waals surface area contributed by atoms with Crippen LogP contribution >= 0.6 is 22.9 Å². The van der Waals surface area contributed by atoms with Gasteiger partial charge in [-0.15, -0.1) is 11.3 Å². The topological polar surface area (TPSA) is 68.6 Å². The average Bonchev–Trinajstić information content (AvgIpc) is 2.89. The highest BCUT2D eigenvalue weighted by Crippen LogP contribution is 2.36. The Labute approximate surface area is 154 Å². The van der Waals surface area contributed by atoms with Crippen molar-refractivity contribution in [1.29, 1.82) is 0 Å². The van der Waals surface area contributed by atoms with Gasteiger partial charge in [0.2, 0.25) is 0 Å². The molecule has 0 atom stereocenters. The van der Waals surface area contributed by atoms with Crippen LogP contribution in [0.4, 0.5) is 5.82 Å². The number of thiophene rings is 1. The number of fused-ring (bicyclic) bond motifs is 1. The highest BCUT2D eigenvalue weighted by atomic mass is 35.5. The number of rotatable bonds is 5. The summed E-state index contributed by atoms with van der Waals surface area (Å²) in [5.41, 5.74) is 4.92. The maximum Gasteiger partial charge on any atom is 0.179 e. The molecule has 25 heavy (non-hydrogen) atoms. The van der Waals surface area contributed by atoms with Crippen LogP contribution in [0.25, 0.3) is 10.2 Å². The second-order valence-corrected chi connectivity index (χ2v) is 6.90. The standard InChI is InChI=1S/C17H17ClN4O2S/c1-9-10(2)25-17-14(9)16(19-8-20-17)22-21-7-11-5-12(18)15(24-4)13(6-11)23-3/h5-8H,1-4H3,(H,19,20,22)/b21-7+. The van der Waals surface area contributed by atoms with Gasteiger partial charge in [0.1, 0.15) is 11.2 Å². The Kier molecular flexibility index (Phi) is 5.06. The number of benzene rings is 1. The number of ether oxygens (including phenoxy) is 2. The van der Waals surface area contributed by atoms with Crippen molar-refractivity contribution < 1.29 is 9.47 Å². The third-order valence-electron chi connectivity index (χ3n) is 3.81. The molecule has 0 spiro atoms. The number of nitrogens with zero attached hydrogens (tertiary/aromatic N) is 3. The van der Waals surface area contributed by atoms with Crippen molar-refractivity contribution in [2.75, 3.05) is 19.6 Å². The quantitative estimate of drug-likeness (QED) is 0.527. The molecule has 0 unspecified atom stereocenters. The molecule has 0 aliphatic heterocycles. The van der Waals surface area contributed by atoms with Crippen molar-refractivity contribution in [3.8, 4) is 11.5 Å². The molecule has 0 aliphatic rings. The summed E-state index contributed by atoms with van der Waals surface area (Å²) in [7, 11) is 3.11. The Bertz CT molecular complexity index is 955. The molecule has 8 heteroatoms. The lowest BCUT2D eigenvalue weighted by Crippen LogP contribution is -1.97. The van der Waals surface area contributed by atoms with Gasteiger partial charge in [-0.05, 0) is 37.1 Å². The SMILES string of the molecule is COc1cc(/C=N/Nc2ncnc3sc(C)c(C)c23)cc(Cl)c1OC. The zero-order valence-electron chi connectivity index (χ0n) is 14.3. The van der Waals surface area contributed by atoms with Gasteiger partial charge in [0.05, 0.1) is 30.8 Å². The summed E-state index contributed by atoms with van der Waals surface area (Å²) < 4.78 is 10.5. The van der Waals surface area contributed by atoms with Gasteiger partial charge >= 0.3 is 0 Å². The lowest BCUT2D eigenvalue weighted by atomic mass is 10.2. The van der Waals surface area contributed by atoms with E-state index in [9.17, 15) is 0 Å². The van der Waals surface area contributed by atoms with Crippen LogP contribution < -0.4 is 14.9 Å². The van der Waals surface area contributed by atoms with Crippen LogP contribution in [0.1, 0.15) is 16.0 Å². The van der Waals surface area contributed by atoms with Crippen LogP contribution in [-0.2, 0) is 0 Å². The lowest BCUT2D eigenvalue weighted by Gasteiger charge is -2.10. The molecular formula is C17H17ClN4O2S. The van der Waals surface area contributed by atoms with Crippen LogP contribution in [0.15, 0.2) is 23.6 Å². The molecule has 3 aromatic rings. The molecule has 3 rings (SSSR count). The average molecular weight is 377 g/mol. The number of hydrogen-bond acceptors (Lipinski definition) is 7. The Morgan fingerprint density at radius 1 is 1.20 bits per heavy atom. The molecule has 130 valence electrons. The second kappa shape index (κ2) is 7.25.